The summed E-state index contributed by atoms with van der Waals surface area (Å²) in [5.74, 6) is -0.927. The van der Waals surface area contributed by atoms with Crippen LogP contribution in [0.4, 0.5) is 15.2 Å². The normalized spacial score (nSPS) is 14.3. The summed E-state index contributed by atoms with van der Waals surface area (Å²) >= 11 is 1.17. The van der Waals surface area contributed by atoms with Crippen molar-refractivity contribution in [2.45, 2.75) is 6.54 Å². The summed E-state index contributed by atoms with van der Waals surface area (Å²) in [5.41, 5.74) is 1.13. The molecule has 0 spiro atoms. The minimum absolute atomic E-state index is 0.0728. The van der Waals surface area contributed by atoms with E-state index in [2.05, 4.69) is 20.4 Å². The minimum atomic E-state index is -0.637. The number of aromatic nitrogens is 4. The quantitative estimate of drug-likeness (QED) is 0.559. The van der Waals surface area contributed by atoms with Gasteiger partial charge in [-0.15, -0.1) is 0 Å². The summed E-state index contributed by atoms with van der Waals surface area (Å²) < 4.78 is 32.5. The van der Waals surface area contributed by atoms with Gasteiger partial charge in [0.2, 0.25) is 11.8 Å². The van der Waals surface area contributed by atoms with Crippen molar-refractivity contribution >= 4 is 38.3 Å². The van der Waals surface area contributed by atoms with E-state index in [0.717, 1.165) is 0 Å². The second-order valence-corrected chi connectivity index (χ2v) is 7.49. The molecule has 0 unspecified atom stereocenters. The molecule has 160 valence electrons. The lowest BCUT2D eigenvalue weighted by molar-refractivity contribution is 0.102. The number of carbonyl (C=O) groups excluding carboxylic acids is 1. The molecule has 4 rings (SSSR count). The molecule has 0 bridgehead atoms. The number of morpholine rings is 1. The van der Waals surface area contributed by atoms with Crippen LogP contribution in [0.15, 0.2) is 12.4 Å². The van der Waals surface area contributed by atoms with E-state index >= 15 is 0 Å². The van der Waals surface area contributed by atoms with Crippen molar-refractivity contribution in [3.05, 3.63) is 23.9 Å². The van der Waals surface area contributed by atoms with Crippen molar-refractivity contribution in [2.75, 3.05) is 57.3 Å². The van der Waals surface area contributed by atoms with Crippen LogP contribution in [0, 0.1) is 5.95 Å². The van der Waals surface area contributed by atoms with Gasteiger partial charge >= 0.3 is 0 Å². The highest BCUT2D eigenvalue weighted by molar-refractivity contribution is 7.23. The molecule has 0 saturated carbocycles. The molecule has 3 aromatic rings. The molecule has 0 aliphatic carbocycles. The Kier molecular flexibility index (Phi) is 6.06. The topological polar surface area (TPSA) is 104 Å². The molecule has 1 aliphatic heterocycles. The Morgan fingerprint density at radius 3 is 2.87 bits per heavy atom. The van der Waals surface area contributed by atoms with Crippen LogP contribution in [0.25, 0.3) is 10.2 Å². The van der Waals surface area contributed by atoms with Crippen LogP contribution < -0.4 is 15.0 Å². The molecule has 1 amide bonds. The van der Waals surface area contributed by atoms with Crippen molar-refractivity contribution in [1.29, 1.82) is 0 Å². The number of nitrogens with zero attached hydrogens (tertiary/aromatic N) is 5. The summed E-state index contributed by atoms with van der Waals surface area (Å²) in [7, 11) is 3.00. The Labute approximate surface area is 175 Å². The summed E-state index contributed by atoms with van der Waals surface area (Å²) in [5, 5.41) is 7.21. The van der Waals surface area contributed by atoms with Crippen LogP contribution in [0.3, 0.4) is 0 Å². The summed E-state index contributed by atoms with van der Waals surface area (Å²) in [6.45, 7) is 3.12. The Morgan fingerprint density at radius 1 is 1.33 bits per heavy atom. The van der Waals surface area contributed by atoms with Gasteiger partial charge in [-0.25, -0.2) is 4.98 Å². The molecular formula is C18H21FN6O4S. The zero-order valence-electron chi connectivity index (χ0n) is 16.6. The van der Waals surface area contributed by atoms with E-state index in [1.807, 2.05) is 4.90 Å². The van der Waals surface area contributed by atoms with Crippen molar-refractivity contribution in [1.82, 2.24) is 19.7 Å². The number of hydrogen-bond acceptors (Lipinski definition) is 9. The molecule has 3 aromatic heterocycles. The Morgan fingerprint density at radius 2 is 2.13 bits per heavy atom. The minimum Gasteiger partial charge on any atom is -0.479 e. The van der Waals surface area contributed by atoms with Crippen molar-refractivity contribution in [2.24, 2.45) is 0 Å². The van der Waals surface area contributed by atoms with Gasteiger partial charge in [-0.2, -0.15) is 14.5 Å². The smallest absolute Gasteiger partial charge is 0.260 e. The zero-order chi connectivity index (χ0) is 21.1. The molecule has 1 fully saturated rings. The van der Waals surface area contributed by atoms with E-state index in [0.29, 0.717) is 66.1 Å². The number of fused-ring (bicyclic) bond motifs is 1. The first-order valence-electron chi connectivity index (χ1n) is 9.30. The van der Waals surface area contributed by atoms with Gasteiger partial charge in [0.15, 0.2) is 5.13 Å². The molecule has 0 radical (unpaired) electrons. The summed E-state index contributed by atoms with van der Waals surface area (Å²) in [4.78, 5) is 22.8. The standard InChI is InChI=1S/C18H21FN6O4S/c1-27-6-5-25-10-11(9-20-25)16(26)23-18-21-12-14(30-18)13(15(19)22-17(12)28-2)24-3-7-29-8-4-24/h9-10H,3-8H2,1-2H3,(H,21,23,26). The third-order valence-electron chi connectivity index (χ3n) is 4.60. The van der Waals surface area contributed by atoms with E-state index in [9.17, 15) is 9.18 Å². The van der Waals surface area contributed by atoms with E-state index in [1.54, 1.807) is 18.0 Å². The largest absolute Gasteiger partial charge is 0.479 e. The second kappa shape index (κ2) is 8.90. The molecule has 0 aromatic carbocycles. The monoisotopic (exact) mass is 436 g/mol. The SMILES string of the molecule is COCCn1cc(C(=O)Nc2nc3c(OC)nc(F)c(N4CCOCC4)c3s2)cn1. The van der Waals surface area contributed by atoms with Gasteiger partial charge in [-0.05, 0) is 0 Å². The van der Waals surface area contributed by atoms with Crippen LogP contribution in [-0.2, 0) is 16.0 Å². The van der Waals surface area contributed by atoms with Crippen LogP contribution in [0.1, 0.15) is 10.4 Å². The lowest BCUT2D eigenvalue weighted by Gasteiger charge is -2.29. The predicted octanol–water partition coefficient (Wildman–Crippen LogP) is 1.77. The molecule has 0 atom stereocenters. The van der Waals surface area contributed by atoms with Gasteiger partial charge in [-0.1, -0.05) is 11.3 Å². The molecule has 4 heterocycles. The highest BCUT2D eigenvalue weighted by atomic mass is 32.1. The Hall–Kier alpha value is -2.83. The number of amides is 1. The van der Waals surface area contributed by atoms with Crippen molar-refractivity contribution in [3.63, 3.8) is 0 Å². The van der Waals surface area contributed by atoms with Crippen LogP contribution in [0.2, 0.25) is 0 Å². The van der Waals surface area contributed by atoms with E-state index in [1.165, 1.54) is 24.6 Å². The van der Waals surface area contributed by atoms with Crippen LogP contribution in [-0.4, -0.2) is 72.8 Å². The number of halogens is 1. The van der Waals surface area contributed by atoms with E-state index in [-0.39, 0.29) is 11.8 Å². The number of nitrogens with one attached hydrogen (secondary N) is 1. The molecule has 1 saturated heterocycles. The van der Waals surface area contributed by atoms with Gasteiger partial charge in [0.1, 0.15) is 11.2 Å². The number of pyridine rings is 1. The maximum Gasteiger partial charge on any atom is 0.260 e. The molecular weight excluding hydrogens is 415 g/mol. The number of methoxy groups -OCH3 is 2. The average Bonchev–Trinajstić information content (AvgIpc) is 3.39. The maximum absolute atomic E-state index is 14.8. The fourth-order valence-electron chi connectivity index (χ4n) is 3.13. The maximum atomic E-state index is 14.8. The van der Waals surface area contributed by atoms with E-state index in [4.69, 9.17) is 14.2 Å². The molecule has 1 N–H and O–H groups in total. The zero-order valence-corrected chi connectivity index (χ0v) is 17.4. The van der Waals surface area contributed by atoms with Crippen molar-refractivity contribution < 1.29 is 23.4 Å². The highest BCUT2D eigenvalue weighted by Gasteiger charge is 2.25. The Balaban J connectivity index is 1.63. The predicted molar refractivity (Wildman–Crippen MR) is 109 cm³/mol. The first-order valence-corrected chi connectivity index (χ1v) is 10.1. The highest BCUT2D eigenvalue weighted by Crippen LogP contribution is 2.40. The number of ether oxygens (including phenoxy) is 3. The lowest BCUT2D eigenvalue weighted by Crippen LogP contribution is -2.37. The van der Waals surface area contributed by atoms with Gasteiger partial charge in [-0.3, -0.25) is 14.8 Å². The number of rotatable bonds is 7. The summed E-state index contributed by atoms with van der Waals surface area (Å²) in [6, 6.07) is 0. The van der Waals surface area contributed by atoms with Crippen LogP contribution in [0.5, 0.6) is 5.88 Å². The first kappa shape index (κ1) is 20.4. The third-order valence-corrected chi connectivity index (χ3v) is 5.58. The van der Waals surface area contributed by atoms with E-state index < -0.39 is 5.95 Å². The van der Waals surface area contributed by atoms with Gasteiger partial charge in [0, 0.05) is 26.4 Å². The van der Waals surface area contributed by atoms with Gasteiger partial charge < -0.3 is 19.1 Å². The molecule has 30 heavy (non-hydrogen) atoms. The fraction of sp³-hybridized carbons (Fsp3) is 0.444. The van der Waals surface area contributed by atoms with Gasteiger partial charge in [0.25, 0.3) is 5.91 Å². The number of hydrogen-bond donors (Lipinski definition) is 1. The fourth-order valence-corrected chi connectivity index (χ4v) is 4.14. The third kappa shape index (κ3) is 4.06. The second-order valence-electron chi connectivity index (χ2n) is 6.50. The van der Waals surface area contributed by atoms with Crippen LogP contribution >= 0.6 is 11.3 Å². The van der Waals surface area contributed by atoms with Gasteiger partial charge in [0.05, 0.1) is 49.9 Å². The summed E-state index contributed by atoms with van der Waals surface area (Å²) in [6.07, 6.45) is 3.10. The lowest BCUT2D eigenvalue weighted by atomic mass is 10.3. The number of thiazole rings is 1. The average molecular weight is 436 g/mol. The molecule has 1 aliphatic rings. The first-order chi connectivity index (χ1) is 14.6. The Bertz CT molecular complexity index is 1050. The van der Waals surface area contributed by atoms with Crippen molar-refractivity contribution in [3.8, 4) is 5.88 Å². The molecule has 10 nitrogen and oxygen atoms in total. The number of anilines is 2. The number of carbonyl (C=O) groups is 1. The molecule has 12 heteroatoms.